The van der Waals surface area contributed by atoms with Crippen molar-refractivity contribution in [3.05, 3.63) is 83.0 Å². The van der Waals surface area contributed by atoms with Crippen LogP contribution < -0.4 is 0 Å². The first-order valence-corrected chi connectivity index (χ1v) is 12.6. The Labute approximate surface area is 198 Å². The van der Waals surface area contributed by atoms with Crippen molar-refractivity contribution in [2.45, 2.75) is 66.2 Å². The molecule has 3 aliphatic carbocycles. The Morgan fingerprint density at radius 3 is 2.23 bits per heavy atom. The number of fused-ring (bicyclic) bond motifs is 3. The second-order valence-corrected chi connectivity index (χ2v) is 10.6. The molecule has 0 amide bonds. The van der Waals surface area contributed by atoms with Gasteiger partial charge in [-0.3, -0.25) is 6.08 Å². The summed E-state index contributed by atoms with van der Waals surface area (Å²) in [4.78, 5) is 0. The van der Waals surface area contributed by atoms with Crippen molar-refractivity contribution in [2.75, 3.05) is 0 Å². The van der Waals surface area contributed by atoms with E-state index in [0.29, 0.717) is 11.8 Å². The molecule has 2 aromatic carbocycles. The molecule has 0 aromatic heterocycles. The molecule has 1 heteroatoms. The van der Waals surface area contributed by atoms with Gasteiger partial charge >= 0.3 is 59.5 Å². The predicted molar refractivity (Wildman–Crippen MR) is 126 cm³/mol. The van der Waals surface area contributed by atoms with E-state index in [-0.39, 0.29) is 0 Å². The second kappa shape index (κ2) is 11.3. The van der Waals surface area contributed by atoms with Crippen molar-refractivity contribution in [2.24, 2.45) is 11.8 Å². The summed E-state index contributed by atoms with van der Waals surface area (Å²) in [5, 5.41) is 0. The number of hydrogen-bond donors (Lipinski definition) is 0. The van der Waals surface area contributed by atoms with E-state index in [4.69, 9.17) is 0 Å². The van der Waals surface area contributed by atoms with Crippen molar-refractivity contribution in [1.29, 1.82) is 0 Å². The molecule has 0 aliphatic heterocycles. The molecule has 154 valence electrons. The topological polar surface area (TPSA) is 0 Å². The van der Waals surface area contributed by atoms with Crippen molar-refractivity contribution >= 4 is 3.21 Å². The summed E-state index contributed by atoms with van der Waals surface area (Å²) in [6, 6.07) is 18.1. The number of allylic oxidation sites excluding steroid dienone is 4. The summed E-state index contributed by atoms with van der Waals surface area (Å²) in [5.41, 5.74) is 8.34. The second-order valence-electron chi connectivity index (χ2n) is 8.90. The summed E-state index contributed by atoms with van der Waals surface area (Å²) in [5.74, 6) is 1.20. The number of hydrogen-bond acceptors (Lipinski definition) is 0. The van der Waals surface area contributed by atoms with E-state index in [1.165, 1.54) is 65.5 Å². The molecule has 1 fully saturated rings. The fourth-order valence-electron chi connectivity index (χ4n) is 4.46. The summed E-state index contributed by atoms with van der Waals surface area (Å²) in [6.45, 7) is 8.79. The molecule has 3 aliphatic rings. The van der Waals surface area contributed by atoms with E-state index >= 15 is 0 Å². The van der Waals surface area contributed by atoms with Gasteiger partial charge in [-0.25, -0.2) is 5.57 Å². The summed E-state index contributed by atoms with van der Waals surface area (Å²) in [7, 11) is 0. The Kier molecular flexibility index (Phi) is 8.82. The summed E-state index contributed by atoms with van der Waals surface area (Å²) < 4.78 is 1.80. The smallest absolute Gasteiger partial charge is 0.0253 e. The molecule has 0 saturated heterocycles. The van der Waals surface area contributed by atoms with Crippen LogP contribution in [0.25, 0.3) is 11.1 Å². The predicted octanol–water partition coefficient (Wildman–Crippen LogP) is 7.70. The van der Waals surface area contributed by atoms with Crippen LogP contribution >= 0.6 is 0 Å². The largest absolute Gasteiger partial charge is 0.179 e. The normalized spacial score (nSPS) is 19.0. The first-order valence-electron chi connectivity index (χ1n) is 11.4. The molecule has 0 bridgehead atoms. The van der Waals surface area contributed by atoms with E-state index in [0.717, 1.165) is 6.42 Å². The molecule has 0 nitrogen and oxygen atoms in total. The maximum absolute atomic E-state index is 3.37. The van der Waals surface area contributed by atoms with E-state index < -0.39 is 0 Å². The zero-order valence-corrected chi connectivity index (χ0v) is 21.5. The molecule has 30 heavy (non-hydrogen) atoms. The van der Waals surface area contributed by atoms with Crippen molar-refractivity contribution in [3.63, 3.8) is 0 Å². The fraction of sp³-hybridized carbons (Fsp3) is 0.414. The van der Waals surface area contributed by atoms with Gasteiger partial charge in [0.15, 0.2) is 0 Å². The Bertz CT molecular complexity index is 877. The Hall–Kier alpha value is -1.33. The minimum atomic E-state index is 0.539. The van der Waals surface area contributed by atoms with Crippen LogP contribution in [0.3, 0.4) is 0 Å². The quantitative estimate of drug-likeness (QED) is 0.318. The van der Waals surface area contributed by atoms with E-state index in [1.54, 1.807) is 27.4 Å². The first-order chi connectivity index (χ1) is 14.5. The SMILES string of the molecule is CC1=[C-]C(C)C=C1C(C)C.[Zr+2]=[C]1CCCCC1.[c-]1cccc2c1Cc1ccccc1-2. The summed E-state index contributed by atoms with van der Waals surface area (Å²) >= 11 is 1.69. The molecule has 5 rings (SSSR count). The minimum absolute atomic E-state index is 0.539. The summed E-state index contributed by atoms with van der Waals surface area (Å²) in [6.07, 6.45) is 14.0. The van der Waals surface area contributed by atoms with Crippen LogP contribution in [0.15, 0.2) is 59.7 Å². The van der Waals surface area contributed by atoms with Gasteiger partial charge in [-0.15, -0.1) is 5.56 Å². The number of rotatable bonds is 1. The zero-order valence-electron chi connectivity index (χ0n) is 19.0. The maximum Gasteiger partial charge on any atom is -0.0253 e. The third-order valence-corrected chi connectivity index (χ3v) is 7.23. The van der Waals surface area contributed by atoms with Crippen LogP contribution in [0, 0.1) is 24.0 Å². The fourth-order valence-corrected chi connectivity index (χ4v) is 5.33. The van der Waals surface area contributed by atoms with Crippen molar-refractivity contribution in [3.8, 4) is 11.1 Å². The van der Waals surface area contributed by atoms with Crippen molar-refractivity contribution in [1.82, 2.24) is 0 Å². The van der Waals surface area contributed by atoms with Gasteiger partial charge in [0.25, 0.3) is 0 Å². The van der Waals surface area contributed by atoms with Gasteiger partial charge in [0, 0.05) is 0 Å². The first kappa shape index (κ1) is 23.3. The van der Waals surface area contributed by atoms with Gasteiger partial charge in [-0.05, 0) is 6.42 Å². The van der Waals surface area contributed by atoms with Crippen LogP contribution in [-0.4, -0.2) is 3.21 Å². The molecule has 0 radical (unpaired) electrons. The molecule has 2 aromatic rings. The Balaban J connectivity index is 0.000000135. The minimum Gasteiger partial charge on any atom is -0.179 e. The average Bonchev–Trinajstić information content (AvgIpc) is 3.29. The molecular weight excluding hydrogens is 440 g/mol. The monoisotopic (exact) mass is 472 g/mol. The van der Waals surface area contributed by atoms with Gasteiger partial charge in [-0.2, -0.15) is 41.5 Å². The van der Waals surface area contributed by atoms with Crippen molar-refractivity contribution < 1.29 is 24.2 Å². The molecule has 1 unspecified atom stereocenters. The van der Waals surface area contributed by atoms with Crippen LogP contribution in [0.5, 0.6) is 0 Å². The third-order valence-electron chi connectivity index (χ3n) is 6.00. The van der Waals surface area contributed by atoms with Gasteiger partial charge in [0.05, 0.1) is 0 Å². The molecule has 0 spiro atoms. The van der Waals surface area contributed by atoms with Crippen LogP contribution in [0.1, 0.15) is 70.9 Å². The maximum atomic E-state index is 3.37. The third kappa shape index (κ3) is 6.34. The van der Waals surface area contributed by atoms with E-state index in [9.17, 15) is 0 Å². The van der Waals surface area contributed by atoms with Crippen LogP contribution in [0.4, 0.5) is 0 Å². The molecule has 1 saturated carbocycles. The van der Waals surface area contributed by atoms with E-state index in [1.807, 2.05) is 6.07 Å². The van der Waals surface area contributed by atoms with Crippen LogP contribution in [-0.2, 0) is 30.7 Å². The molecular formula is C29H34Zr. The van der Waals surface area contributed by atoms with E-state index in [2.05, 4.69) is 82.3 Å². The Morgan fingerprint density at radius 1 is 0.967 bits per heavy atom. The van der Waals surface area contributed by atoms with Crippen LogP contribution in [0.2, 0.25) is 0 Å². The zero-order chi connectivity index (χ0) is 21.5. The standard InChI is InChI=1S/C13H9.C10H15.C6H10.Zr/c1-3-7-12-10(5-1)9-11-6-2-4-8-13(11)12;1-7(2)10-6-8(3)5-9(10)4;1-2-4-6-5-3-1;/h1-5,7-8H,9H2;6-8H,1-4H3;1-5H2;/q2*-1;;+2. The molecule has 0 N–H and O–H groups in total. The molecule has 0 heterocycles. The van der Waals surface area contributed by atoms with Gasteiger partial charge < -0.3 is 0 Å². The molecule has 1 atom stereocenters. The van der Waals surface area contributed by atoms with Gasteiger partial charge in [-0.1, -0.05) is 74.9 Å². The van der Waals surface area contributed by atoms with Gasteiger partial charge in [0.2, 0.25) is 0 Å². The van der Waals surface area contributed by atoms with Gasteiger partial charge in [0.1, 0.15) is 0 Å². The number of benzene rings is 2. The Morgan fingerprint density at radius 2 is 1.67 bits per heavy atom. The average molecular weight is 474 g/mol.